The summed E-state index contributed by atoms with van der Waals surface area (Å²) in [5.41, 5.74) is 19.4. The van der Waals surface area contributed by atoms with E-state index in [1.165, 1.54) is 36.8 Å². The molecule has 3 aliphatic heterocycles. The van der Waals surface area contributed by atoms with Crippen LogP contribution in [0.5, 0.6) is 5.75 Å². The van der Waals surface area contributed by atoms with Crippen molar-refractivity contribution in [3.8, 4) is 5.75 Å². The molecule has 4 heterocycles. The molecule has 3 aromatic rings. The number of fused-ring (bicyclic) bond motifs is 6. The molecular formula is C62H89N17O15S4. The number of rotatable bonds is 20. The van der Waals surface area contributed by atoms with E-state index in [0.29, 0.717) is 24.1 Å². The van der Waals surface area contributed by atoms with Gasteiger partial charge in [-0.25, -0.2) is 4.98 Å². The number of aliphatic hydroxyl groups is 1. The number of aromatic amines is 1. The molecule has 2 bridgehead atoms. The minimum absolute atomic E-state index is 0.00470. The number of aliphatic hydroxyl groups excluding tert-OH is 1. The third-order valence-electron chi connectivity index (χ3n) is 15.8. The van der Waals surface area contributed by atoms with Crippen LogP contribution >= 0.6 is 43.2 Å². The topological polar surface area (TPSA) is 505 Å². The first-order chi connectivity index (χ1) is 46.7. The Hall–Kier alpha value is -8.16. The Labute approximate surface area is 582 Å². The molecule has 0 spiro atoms. The molecule has 13 amide bonds. The number of carbonyl (C=O) groups excluding carboxylic acids is 13. The number of hydrogen-bond acceptors (Lipinski definition) is 22. The van der Waals surface area contributed by atoms with Crippen LogP contribution in [-0.4, -0.2) is 224 Å². The Morgan fingerprint density at radius 1 is 0.684 bits per heavy atom. The van der Waals surface area contributed by atoms with Crippen LogP contribution < -0.4 is 75.7 Å². The van der Waals surface area contributed by atoms with Crippen LogP contribution in [0.25, 0.3) is 0 Å². The molecule has 12 atom stereocenters. The first kappa shape index (κ1) is 78.8. The van der Waals surface area contributed by atoms with E-state index in [1.54, 1.807) is 58.0 Å². The molecule has 0 aliphatic carbocycles. The maximum atomic E-state index is 15.0. The van der Waals surface area contributed by atoms with Gasteiger partial charge < -0.3 is 95.8 Å². The average Bonchev–Trinajstić information content (AvgIpc) is 1.66. The number of aromatic nitrogens is 2. The number of aromatic hydroxyl groups is 1. The molecule has 0 unspecified atom stereocenters. The Bertz CT molecular complexity index is 3250. The highest BCUT2D eigenvalue weighted by Gasteiger charge is 2.44. The lowest BCUT2D eigenvalue weighted by Crippen LogP contribution is -2.61. The molecule has 32 nitrogen and oxygen atoms in total. The third-order valence-corrected chi connectivity index (χ3v) is 20.7. The molecule has 3 saturated heterocycles. The van der Waals surface area contributed by atoms with E-state index in [1.807, 2.05) is 0 Å². The normalized spacial score (nSPS) is 24.7. The second-order valence-corrected chi connectivity index (χ2v) is 29.7. The predicted octanol–water partition coefficient (Wildman–Crippen LogP) is -3.87. The Morgan fingerprint density at radius 3 is 1.97 bits per heavy atom. The molecule has 3 aliphatic rings. The van der Waals surface area contributed by atoms with Crippen LogP contribution in [0.2, 0.25) is 0 Å². The van der Waals surface area contributed by atoms with Crippen LogP contribution in [-0.2, 0) is 81.6 Å². The van der Waals surface area contributed by atoms with Gasteiger partial charge in [0.05, 0.1) is 31.6 Å². The molecule has 536 valence electrons. The summed E-state index contributed by atoms with van der Waals surface area (Å²) in [5.74, 6) is -13.8. The molecule has 6 rings (SSSR count). The predicted molar refractivity (Wildman–Crippen MR) is 368 cm³/mol. The number of nitrogens with zero attached hydrogens (tertiary/aromatic N) is 2. The Kier molecular flexibility index (Phi) is 31.7. The number of primary amides is 1. The third kappa shape index (κ3) is 25.3. The number of H-pyrrole nitrogens is 1. The van der Waals surface area contributed by atoms with Crippen molar-refractivity contribution >= 4 is 120 Å². The average molecular weight is 1440 g/mol. The Morgan fingerprint density at radius 2 is 1.32 bits per heavy atom. The fourth-order valence-corrected chi connectivity index (χ4v) is 15.2. The van der Waals surface area contributed by atoms with E-state index >= 15 is 4.79 Å². The van der Waals surface area contributed by atoms with Gasteiger partial charge in [0, 0.05) is 60.7 Å². The van der Waals surface area contributed by atoms with Gasteiger partial charge in [0.25, 0.3) is 0 Å². The van der Waals surface area contributed by atoms with Crippen molar-refractivity contribution in [1.29, 1.82) is 0 Å². The fraction of sp³-hybridized carbons (Fsp3) is 0.548. The van der Waals surface area contributed by atoms with Crippen molar-refractivity contribution in [2.75, 3.05) is 49.2 Å². The van der Waals surface area contributed by atoms with Crippen molar-refractivity contribution in [3.05, 3.63) is 83.9 Å². The smallest absolute Gasteiger partial charge is 0.246 e. The number of benzene rings is 2. The summed E-state index contributed by atoms with van der Waals surface area (Å²) in [6.45, 7) is 5.19. The SMILES string of the molecule is CC(C)C[C@@H]1NC(=O)[C@H](CCCCN)NC(=O)[C@H](Cc2ccc(O)cc2)NC(=O)CNC(=O)[C@@H]2CSSC[C@H](NC1=O)C(=O)N[C@@H](Cc1cnc[nH]1)C(=O)N1C[C@H](O)C[C@H]1C(=O)N[C@H](C(N)=O)CSSC[C@H](NC(=O)[C@@H](NC(=O)CNC(=O)[C@@H](N)Cc1ccccc1)C(C)C)C(=O)N2. The maximum Gasteiger partial charge on any atom is 0.246 e. The van der Waals surface area contributed by atoms with Gasteiger partial charge in [-0.1, -0.05) is 113 Å². The van der Waals surface area contributed by atoms with E-state index in [2.05, 4.69) is 68.5 Å². The van der Waals surface area contributed by atoms with Crippen molar-refractivity contribution in [3.63, 3.8) is 0 Å². The monoisotopic (exact) mass is 1440 g/mol. The van der Waals surface area contributed by atoms with E-state index in [4.69, 9.17) is 17.2 Å². The molecule has 20 N–H and O–H groups in total. The zero-order valence-electron chi connectivity index (χ0n) is 54.7. The second-order valence-electron chi connectivity index (χ2n) is 24.6. The van der Waals surface area contributed by atoms with E-state index in [9.17, 15) is 67.7 Å². The number of nitrogens with two attached hydrogens (primary N) is 3. The largest absolute Gasteiger partial charge is 0.508 e. The number of amides is 13. The van der Waals surface area contributed by atoms with Crippen molar-refractivity contribution in [1.82, 2.24) is 73.4 Å². The highest BCUT2D eigenvalue weighted by atomic mass is 33.1. The number of phenols is 1. The maximum absolute atomic E-state index is 15.0. The highest BCUT2D eigenvalue weighted by molar-refractivity contribution is 8.77. The fourth-order valence-electron chi connectivity index (χ4n) is 10.5. The van der Waals surface area contributed by atoms with Gasteiger partial charge in [0.1, 0.15) is 66.2 Å². The summed E-state index contributed by atoms with van der Waals surface area (Å²) < 4.78 is 0. The quantitative estimate of drug-likeness (QED) is 0.0380. The summed E-state index contributed by atoms with van der Waals surface area (Å²) in [5, 5.41) is 50.0. The minimum Gasteiger partial charge on any atom is -0.508 e. The van der Waals surface area contributed by atoms with Gasteiger partial charge >= 0.3 is 0 Å². The molecule has 0 radical (unpaired) electrons. The van der Waals surface area contributed by atoms with E-state index < -0.39 is 175 Å². The standard InChI is InChI=1S/C62H89N17O15S4/c1-32(2)18-41-56(88)76-46-29-98-96-28-45(54(86)68-24-49(82)70-42(20-35-13-15-37(80)16-14-35)57(89)71-40(55(87)72-41)12-8-9-17-63)75-59(91)47(77-61(93)51(33(3)4)78-50(83)25-67-53(85)39(64)19-34-10-6-5-7-11-34)30-97-95-27-44(52(65)84)74-60(92)48-22-38(81)26-79(48)62(94)43(73-58(46)90)21-36-23-66-31-69-36/h5-7,10-11,13-16,23,31-33,38-48,51,80-81H,8-9,12,17-22,24-30,63-64H2,1-4H3,(H2,65,84)(H,66,69)(H,67,85)(H,68,86)(H,70,82)(H,71,89)(H,72,87)(H,73,90)(H,74,92)(H,75,91)(H,76,88)(H,77,93)(H,78,83)/t38-,39+,40+,41+,42+,43+,44+,45+,46+,47+,48+,51+/m1/s1. The zero-order valence-corrected chi connectivity index (χ0v) is 58.0. The van der Waals surface area contributed by atoms with Crippen LogP contribution in [0.4, 0.5) is 0 Å². The number of imidazole rings is 1. The molecule has 98 heavy (non-hydrogen) atoms. The van der Waals surface area contributed by atoms with Gasteiger partial charge in [0.15, 0.2) is 0 Å². The van der Waals surface area contributed by atoms with Crippen LogP contribution in [0.15, 0.2) is 67.1 Å². The number of unbranched alkanes of at least 4 members (excludes halogenated alkanes) is 1. The van der Waals surface area contributed by atoms with Crippen LogP contribution in [0.1, 0.15) is 76.6 Å². The van der Waals surface area contributed by atoms with Gasteiger partial charge in [-0.05, 0) is 73.7 Å². The molecule has 2 aromatic carbocycles. The first-order valence-corrected chi connectivity index (χ1v) is 37.0. The molecule has 36 heteroatoms. The van der Waals surface area contributed by atoms with E-state index in [-0.39, 0.29) is 79.7 Å². The zero-order chi connectivity index (χ0) is 71.6. The molecular weight excluding hydrogens is 1350 g/mol. The lowest BCUT2D eigenvalue weighted by atomic mass is 10.0. The van der Waals surface area contributed by atoms with Crippen LogP contribution in [0, 0.1) is 11.8 Å². The summed E-state index contributed by atoms with van der Waals surface area (Å²) in [6.07, 6.45) is 1.58. The minimum atomic E-state index is -1.60. The Balaban J connectivity index is 1.40. The van der Waals surface area contributed by atoms with Gasteiger partial charge in [-0.2, -0.15) is 0 Å². The summed E-state index contributed by atoms with van der Waals surface area (Å²) in [4.78, 5) is 193. The summed E-state index contributed by atoms with van der Waals surface area (Å²) >= 11 is 0. The molecule has 0 saturated carbocycles. The van der Waals surface area contributed by atoms with Crippen molar-refractivity contribution in [2.45, 2.75) is 152 Å². The summed E-state index contributed by atoms with van der Waals surface area (Å²) in [7, 11) is 3.69. The first-order valence-electron chi connectivity index (χ1n) is 32.0. The molecule has 1 aromatic heterocycles. The lowest BCUT2D eigenvalue weighted by Gasteiger charge is -2.31. The number of phenolic OH excluding ortho intramolecular Hbond substituents is 1. The number of nitrogens with one attached hydrogen (secondary N) is 12. The highest BCUT2D eigenvalue weighted by Crippen LogP contribution is 2.27. The summed E-state index contributed by atoms with van der Waals surface area (Å²) in [6, 6.07) is -1.04. The van der Waals surface area contributed by atoms with Gasteiger partial charge in [-0.3, -0.25) is 62.3 Å². The van der Waals surface area contributed by atoms with Crippen molar-refractivity contribution < 1.29 is 72.5 Å². The number of carbonyl (C=O) groups is 13. The second kappa shape index (κ2) is 39.4. The lowest BCUT2D eigenvalue weighted by molar-refractivity contribution is -0.142. The van der Waals surface area contributed by atoms with E-state index in [0.717, 1.165) is 53.6 Å². The number of hydrogen-bond donors (Lipinski definition) is 17. The van der Waals surface area contributed by atoms with Crippen molar-refractivity contribution in [2.24, 2.45) is 29.0 Å². The molecule has 3 fully saturated rings. The van der Waals surface area contributed by atoms with Gasteiger partial charge in [0.2, 0.25) is 76.8 Å². The van der Waals surface area contributed by atoms with Crippen LogP contribution in [0.3, 0.4) is 0 Å². The van der Waals surface area contributed by atoms with Gasteiger partial charge in [-0.15, -0.1) is 0 Å².